The summed E-state index contributed by atoms with van der Waals surface area (Å²) in [6.07, 6.45) is -0.0823. The molecule has 0 aromatic carbocycles. The Hall–Kier alpha value is -1.15. The smallest absolute Gasteiger partial charge is 0.329 e. The first-order valence-electron chi connectivity index (χ1n) is 7.40. The van der Waals surface area contributed by atoms with Crippen LogP contribution in [-0.2, 0) is 19.3 Å². The van der Waals surface area contributed by atoms with Gasteiger partial charge in [-0.3, -0.25) is 4.90 Å². The minimum Gasteiger partial charge on any atom is -0.329 e. The molecular formula is C13H22F3N5. The SMILES string of the molecule is CCCCCC(CN)N1CCn2c(nnc2C(F)(F)F)C1. The van der Waals surface area contributed by atoms with E-state index in [-0.39, 0.29) is 12.6 Å². The van der Waals surface area contributed by atoms with Crippen molar-refractivity contribution < 1.29 is 13.2 Å². The molecule has 0 radical (unpaired) electrons. The predicted molar refractivity (Wildman–Crippen MR) is 72.4 cm³/mol. The van der Waals surface area contributed by atoms with E-state index in [1.807, 2.05) is 0 Å². The molecule has 1 unspecified atom stereocenters. The van der Waals surface area contributed by atoms with Crippen LogP contribution in [0.15, 0.2) is 0 Å². The Kier molecular flexibility index (Phi) is 5.21. The van der Waals surface area contributed by atoms with Gasteiger partial charge < -0.3 is 10.3 Å². The molecule has 2 N–H and O–H groups in total. The van der Waals surface area contributed by atoms with Crippen molar-refractivity contribution in [3.8, 4) is 0 Å². The molecule has 0 spiro atoms. The average molecular weight is 305 g/mol. The number of fused-ring (bicyclic) bond motifs is 1. The number of rotatable bonds is 6. The standard InChI is InChI=1S/C13H22F3N5/c1-2-3-4-5-10(8-17)20-6-7-21-11(9-20)18-19-12(21)13(14,15)16/h10H,2-9,17H2,1H3. The summed E-state index contributed by atoms with van der Waals surface area (Å²) in [7, 11) is 0. The number of hydrogen-bond donors (Lipinski definition) is 1. The number of hydrogen-bond acceptors (Lipinski definition) is 4. The van der Waals surface area contributed by atoms with Gasteiger partial charge in [-0.25, -0.2) is 0 Å². The van der Waals surface area contributed by atoms with Gasteiger partial charge in [0.15, 0.2) is 0 Å². The molecule has 1 aromatic rings. The average Bonchev–Trinajstić information content (AvgIpc) is 2.86. The Bertz CT molecular complexity index is 457. The molecule has 120 valence electrons. The van der Waals surface area contributed by atoms with E-state index in [1.165, 1.54) is 4.57 Å². The minimum absolute atomic E-state index is 0.205. The van der Waals surface area contributed by atoms with E-state index in [9.17, 15) is 13.2 Å². The van der Waals surface area contributed by atoms with Crippen molar-refractivity contribution in [3.05, 3.63) is 11.6 Å². The fourth-order valence-electron chi connectivity index (χ4n) is 2.78. The quantitative estimate of drug-likeness (QED) is 0.817. The molecule has 21 heavy (non-hydrogen) atoms. The molecule has 2 rings (SSSR count). The van der Waals surface area contributed by atoms with Gasteiger partial charge in [-0.2, -0.15) is 13.2 Å². The van der Waals surface area contributed by atoms with Crippen LogP contribution >= 0.6 is 0 Å². The Morgan fingerprint density at radius 3 is 2.62 bits per heavy atom. The normalized spacial score (nSPS) is 17.8. The second-order valence-electron chi connectivity index (χ2n) is 5.45. The molecule has 0 saturated carbocycles. The molecule has 1 aliphatic heterocycles. The van der Waals surface area contributed by atoms with Crippen LogP contribution in [0, 0.1) is 0 Å². The molecule has 8 heteroatoms. The lowest BCUT2D eigenvalue weighted by molar-refractivity contribution is -0.148. The maximum atomic E-state index is 12.8. The third kappa shape index (κ3) is 3.74. The third-order valence-corrected chi connectivity index (χ3v) is 3.97. The van der Waals surface area contributed by atoms with Crippen LogP contribution in [0.4, 0.5) is 13.2 Å². The van der Waals surface area contributed by atoms with Crippen LogP contribution in [-0.4, -0.2) is 38.8 Å². The van der Waals surface area contributed by atoms with E-state index >= 15 is 0 Å². The van der Waals surface area contributed by atoms with Crippen molar-refractivity contribution in [2.24, 2.45) is 5.73 Å². The molecule has 0 amide bonds. The van der Waals surface area contributed by atoms with Crippen molar-refractivity contribution in [2.45, 2.75) is 57.9 Å². The fraction of sp³-hybridized carbons (Fsp3) is 0.846. The number of halogens is 3. The number of aromatic nitrogens is 3. The van der Waals surface area contributed by atoms with E-state index in [0.717, 1.165) is 25.7 Å². The highest BCUT2D eigenvalue weighted by molar-refractivity contribution is 5.02. The van der Waals surface area contributed by atoms with Crippen LogP contribution < -0.4 is 5.73 Å². The van der Waals surface area contributed by atoms with Crippen LogP contribution in [0.5, 0.6) is 0 Å². The van der Waals surface area contributed by atoms with Gasteiger partial charge in [0.05, 0.1) is 6.54 Å². The zero-order chi connectivity index (χ0) is 15.5. The summed E-state index contributed by atoms with van der Waals surface area (Å²) in [5, 5.41) is 6.99. The molecule has 2 heterocycles. The number of nitrogens with two attached hydrogens (primary N) is 1. The summed E-state index contributed by atoms with van der Waals surface area (Å²) >= 11 is 0. The summed E-state index contributed by atoms with van der Waals surface area (Å²) in [5.74, 6) is -0.519. The number of nitrogens with zero attached hydrogens (tertiary/aromatic N) is 4. The summed E-state index contributed by atoms with van der Waals surface area (Å²) in [6, 6.07) is 0.205. The van der Waals surface area contributed by atoms with Gasteiger partial charge in [-0.15, -0.1) is 10.2 Å². The van der Waals surface area contributed by atoms with E-state index in [2.05, 4.69) is 22.0 Å². The fourth-order valence-corrected chi connectivity index (χ4v) is 2.78. The molecule has 1 atom stereocenters. The van der Waals surface area contributed by atoms with Gasteiger partial charge in [0, 0.05) is 25.7 Å². The van der Waals surface area contributed by atoms with Gasteiger partial charge in [0.2, 0.25) is 5.82 Å². The first-order chi connectivity index (χ1) is 9.97. The van der Waals surface area contributed by atoms with Gasteiger partial charge >= 0.3 is 6.18 Å². The summed E-state index contributed by atoms with van der Waals surface area (Å²) in [5.41, 5.74) is 5.82. The molecule has 0 saturated heterocycles. The van der Waals surface area contributed by atoms with Crippen LogP contribution in [0.2, 0.25) is 0 Å². The topological polar surface area (TPSA) is 60.0 Å². The Labute approximate surface area is 122 Å². The van der Waals surface area contributed by atoms with Crippen molar-refractivity contribution >= 4 is 0 Å². The van der Waals surface area contributed by atoms with Crippen molar-refractivity contribution in [1.29, 1.82) is 0 Å². The van der Waals surface area contributed by atoms with E-state index in [1.54, 1.807) is 0 Å². The van der Waals surface area contributed by atoms with E-state index < -0.39 is 12.0 Å². The Morgan fingerprint density at radius 1 is 1.24 bits per heavy atom. The summed E-state index contributed by atoms with van der Waals surface area (Å²) < 4.78 is 39.5. The van der Waals surface area contributed by atoms with E-state index in [0.29, 0.717) is 25.5 Å². The zero-order valence-corrected chi connectivity index (χ0v) is 12.2. The van der Waals surface area contributed by atoms with Crippen LogP contribution in [0.3, 0.4) is 0 Å². The van der Waals surface area contributed by atoms with Crippen LogP contribution in [0.25, 0.3) is 0 Å². The van der Waals surface area contributed by atoms with Crippen molar-refractivity contribution in [2.75, 3.05) is 13.1 Å². The first kappa shape index (κ1) is 16.2. The highest BCUT2D eigenvalue weighted by Crippen LogP contribution is 2.29. The van der Waals surface area contributed by atoms with Gasteiger partial charge in [0.25, 0.3) is 0 Å². The number of alkyl halides is 3. The Morgan fingerprint density at radius 2 is 2.00 bits per heavy atom. The lowest BCUT2D eigenvalue weighted by atomic mass is 10.1. The molecule has 5 nitrogen and oxygen atoms in total. The summed E-state index contributed by atoms with van der Waals surface area (Å²) in [6.45, 7) is 3.87. The van der Waals surface area contributed by atoms with Crippen LogP contribution in [0.1, 0.15) is 44.3 Å². The minimum atomic E-state index is -4.44. The van der Waals surface area contributed by atoms with Gasteiger partial charge in [-0.1, -0.05) is 26.2 Å². The lowest BCUT2D eigenvalue weighted by Crippen LogP contribution is -2.45. The predicted octanol–water partition coefficient (Wildman–Crippen LogP) is 2.02. The number of unbranched alkanes of at least 4 members (excludes halogenated alkanes) is 2. The second-order valence-corrected chi connectivity index (χ2v) is 5.45. The van der Waals surface area contributed by atoms with Crippen molar-refractivity contribution in [3.63, 3.8) is 0 Å². The highest BCUT2D eigenvalue weighted by atomic mass is 19.4. The molecule has 0 bridgehead atoms. The lowest BCUT2D eigenvalue weighted by Gasteiger charge is -2.34. The maximum absolute atomic E-state index is 12.8. The molecule has 0 fully saturated rings. The molecule has 1 aliphatic rings. The zero-order valence-electron chi connectivity index (χ0n) is 12.2. The maximum Gasteiger partial charge on any atom is 0.451 e. The molecule has 0 aliphatic carbocycles. The molecular weight excluding hydrogens is 283 g/mol. The largest absolute Gasteiger partial charge is 0.451 e. The second kappa shape index (κ2) is 6.74. The first-order valence-corrected chi connectivity index (χ1v) is 7.40. The monoisotopic (exact) mass is 305 g/mol. The van der Waals surface area contributed by atoms with Crippen molar-refractivity contribution in [1.82, 2.24) is 19.7 Å². The van der Waals surface area contributed by atoms with Gasteiger partial charge in [0.1, 0.15) is 5.82 Å². The van der Waals surface area contributed by atoms with E-state index in [4.69, 9.17) is 5.73 Å². The third-order valence-electron chi connectivity index (χ3n) is 3.97. The summed E-state index contributed by atoms with van der Waals surface area (Å²) in [4.78, 5) is 2.12. The highest BCUT2D eigenvalue weighted by Gasteiger charge is 2.39. The van der Waals surface area contributed by atoms with Gasteiger partial charge in [-0.05, 0) is 6.42 Å². The Balaban J connectivity index is 2.03. The molecule has 1 aromatic heterocycles.